The molecule has 15 heteroatoms. The van der Waals surface area contributed by atoms with Crippen LogP contribution in [0.2, 0.25) is 0 Å². The van der Waals surface area contributed by atoms with Gasteiger partial charge in [0.15, 0.2) is 0 Å². The van der Waals surface area contributed by atoms with Gasteiger partial charge in [0.25, 0.3) is 10.0 Å². The summed E-state index contributed by atoms with van der Waals surface area (Å²) < 4.78 is 132. The number of para-hydroxylation sites is 1. The Morgan fingerprint density at radius 1 is 1.00 bits per heavy atom. The Labute approximate surface area is 184 Å². The molecule has 3 rings (SSSR count). The van der Waals surface area contributed by atoms with Gasteiger partial charge in [-0.15, -0.1) is 0 Å². The van der Waals surface area contributed by atoms with Crippen molar-refractivity contribution in [3.05, 3.63) is 29.8 Å². The fourth-order valence-electron chi connectivity index (χ4n) is 3.45. The molecular weight excluding hydrogens is 579 g/mol. The lowest BCUT2D eigenvalue weighted by molar-refractivity contribution is -0.438. The maximum atomic E-state index is 14.3. The van der Waals surface area contributed by atoms with Crippen molar-refractivity contribution >= 4 is 44.0 Å². The highest BCUT2D eigenvalue weighted by Crippen LogP contribution is 2.51. The van der Waals surface area contributed by atoms with Crippen LogP contribution in [0.5, 0.6) is 0 Å². The van der Waals surface area contributed by atoms with Gasteiger partial charge in [-0.3, -0.25) is 4.99 Å². The normalized spacial score (nSPS) is 22.7. The maximum absolute atomic E-state index is 14.3. The van der Waals surface area contributed by atoms with Crippen LogP contribution in [0, 0.1) is 0 Å². The first-order chi connectivity index (χ1) is 14.0. The third kappa shape index (κ3) is 3.94. The van der Waals surface area contributed by atoms with E-state index in [0.717, 1.165) is 0 Å². The summed E-state index contributed by atoms with van der Waals surface area (Å²) in [6.45, 7) is 0. The number of sulfonamides is 1. The zero-order chi connectivity index (χ0) is 23.5. The summed E-state index contributed by atoms with van der Waals surface area (Å²) in [7, 11) is -6.46. The summed E-state index contributed by atoms with van der Waals surface area (Å²) >= 11 is -0.295. The average Bonchev–Trinajstić information content (AvgIpc) is 2.93. The molecule has 31 heavy (non-hydrogen) atoms. The van der Waals surface area contributed by atoms with Crippen LogP contribution in [-0.4, -0.2) is 35.5 Å². The monoisotopic (exact) mass is 592 g/mol. The second kappa shape index (κ2) is 7.48. The fourth-order valence-corrected chi connectivity index (χ4v) is 4.83. The first-order valence-electron chi connectivity index (χ1n) is 8.58. The molecule has 0 saturated heterocycles. The summed E-state index contributed by atoms with van der Waals surface area (Å²) in [5.74, 6) is 0. The minimum atomic E-state index is -6.50. The lowest BCUT2D eigenvalue weighted by Gasteiger charge is -2.38. The number of nitrogens with zero attached hydrogens (tertiary/aromatic N) is 1. The largest absolute Gasteiger partial charge is 0.448 e. The van der Waals surface area contributed by atoms with Crippen LogP contribution in [0.25, 0.3) is 0 Å². The zero-order valence-corrected chi connectivity index (χ0v) is 18.1. The lowest BCUT2D eigenvalue weighted by atomic mass is 9.77. The SMILES string of the molecule is O=S(=O)(NC12CCCCC1=Nc1ccccc12)C(F)(F)C(F)(F)OC(F)(F)C(F)(F)I. The number of hydrogen-bond donors (Lipinski definition) is 1. The van der Waals surface area contributed by atoms with Gasteiger partial charge in [0.2, 0.25) is 0 Å². The fraction of sp³-hybridized carbons (Fsp3) is 0.562. The Bertz CT molecular complexity index is 1010. The van der Waals surface area contributed by atoms with Crippen LogP contribution in [-0.2, 0) is 20.3 Å². The molecule has 1 heterocycles. The number of hydrogen-bond acceptors (Lipinski definition) is 4. The van der Waals surface area contributed by atoms with Crippen LogP contribution in [0.15, 0.2) is 29.3 Å². The van der Waals surface area contributed by atoms with E-state index >= 15 is 0 Å². The molecule has 1 aliphatic carbocycles. The molecule has 1 atom stereocenters. The smallest absolute Gasteiger partial charge is 0.255 e. The van der Waals surface area contributed by atoms with E-state index in [1.165, 1.54) is 29.0 Å². The Balaban J connectivity index is 2.00. The van der Waals surface area contributed by atoms with Gasteiger partial charge in [-0.05, 0) is 25.3 Å². The van der Waals surface area contributed by atoms with Crippen molar-refractivity contribution in [2.45, 2.75) is 52.6 Å². The van der Waals surface area contributed by atoms with E-state index < -0.39 is 37.0 Å². The minimum absolute atomic E-state index is 0.0904. The predicted octanol–water partition coefficient (Wildman–Crippen LogP) is 5.28. The number of aliphatic imine (C=N–C) groups is 1. The average molecular weight is 592 g/mol. The third-order valence-electron chi connectivity index (χ3n) is 4.90. The molecule has 0 bridgehead atoms. The molecule has 1 aromatic carbocycles. The van der Waals surface area contributed by atoms with Gasteiger partial charge in [0, 0.05) is 33.9 Å². The first-order valence-corrected chi connectivity index (χ1v) is 11.1. The highest BCUT2D eigenvalue weighted by Gasteiger charge is 2.74. The van der Waals surface area contributed by atoms with Crippen molar-refractivity contribution in [3.8, 4) is 0 Å². The zero-order valence-electron chi connectivity index (χ0n) is 15.1. The Kier molecular flexibility index (Phi) is 5.93. The number of nitrogens with one attached hydrogen (secondary N) is 1. The van der Waals surface area contributed by atoms with Crippen molar-refractivity contribution in [1.29, 1.82) is 0 Å². The van der Waals surface area contributed by atoms with Crippen LogP contribution in [0.4, 0.5) is 40.8 Å². The van der Waals surface area contributed by atoms with E-state index in [0.29, 0.717) is 12.8 Å². The Morgan fingerprint density at radius 2 is 1.61 bits per heavy atom. The van der Waals surface area contributed by atoms with Crippen LogP contribution < -0.4 is 4.72 Å². The number of benzene rings is 1. The summed E-state index contributed by atoms with van der Waals surface area (Å²) in [5, 5.41) is -6.33. The van der Waals surface area contributed by atoms with Crippen molar-refractivity contribution < 1.29 is 48.3 Å². The quantitative estimate of drug-likeness (QED) is 0.266. The second-order valence-electron chi connectivity index (χ2n) is 6.94. The van der Waals surface area contributed by atoms with Gasteiger partial charge in [0.1, 0.15) is 0 Å². The van der Waals surface area contributed by atoms with Crippen molar-refractivity contribution in [1.82, 2.24) is 4.72 Å². The molecule has 1 aromatic rings. The molecule has 1 N–H and O–H groups in total. The number of rotatable bonds is 7. The van der Waals surface area contributed by atoms with E-state index in [-0.39, 0.29) is 52.4 Å². The number of alkyl halides is 9. The minimum Gasteiger partial charge on any atom is -0.255 e. The Morgan fingerprint density at radius 3 is 2.23 bits per heavy atom. The third-order valence-corrected chi connectivity index (χ3v) is 7.06. The molecule has 1 fully saturated rings. The molecule has 5 nitrogen and oxygen atoms in total. The van der Waals surface area contributed by atoms with Crippen LogP contribution in [0.3, 0.4) is 0 Å². The van der Waals surface area contributed by atoms with Crippen LogP contribution in [0.1, 0.15) is 31.2 Å². The van der Waals surface area contributed by atoms with Gasteiger partial charge < -0.3 is 0 Å². The molecule has 0 amide bonds. The Hall–Kier alpha value is -1.07. The van der Waals surface area contributed by atoms with Gasteiger partial charge in [-0.2, -0.15) is 39.8 Å². The van der Waals surface area contributed by atoms with E-state index in [9.17, 15) is 43.5 Å². The van der Waals surface area contributed by atoms with Crippen LogP contribution >= 0.6 is 22.6 Å². The summed E-state index contributed by atoms with van der Waals surface area (Å²) in [5.41, 5.74) is -1.46. The number of fused-ring (bicyclic) bond motifs is 3. The number of halogens is 9. The van der Waals surface area contributed by atoms with Gasteiger partial charge in [-0.1, -0.05) is 24.6 Å². The van der Waals surface area contributed by atoms with E-state index in [1.807, 2.05) is 0 Å². The van der Waals surface area contributed by atoms with Crippen molar-refractivity contribution in [2.75, 3.05) is 0 Å². The van der Waals surface area contributed by atoms with Gasteiger partial charge >= 0.3 is 21.4 Å². The molecule has 1 aliphatic heterocycles. The van der Waals surface area contributed by atoms with E-state index in [4.69, 9.17) is 0 Å². The second-order valence-corrected chi connectivity index (χ2v) is 10.0. The summed E-state index contributed by atoms with van der Waals surface area (Å²) in [4.78, 5) is 4.17. The molecule has 1 saturated carbocycles. The summed E-state index contributed by atoms with van der Waals surface area (Å²) in [6, 6.07) is 5.79. The van der Waals surface area contributed by atoms with E-state index in [1.54, 1.807) is 0 Å². The van der Waals surface area contributed by atoms with Gasteiger partial charge in [0.05, 0.1) is 11.2 Å². The molecule has 2 aliphatic rings. The highest BCUT2D eigenvalue weighted by atomic mass is 127. The molecule has 0 spiro atoms. The standard InChI is InChI=1S/C16H13F8IN2O3S/c17-13(18,25)14(19,20)30-15(21,22)16(23,24)31(28,29)27-12-8-4-3-7-11(12)26-10-6-2-1-5-9(10)12/h1-2,5-6,27H,3-4,7-8H2. The predicted molar refractivity (Wildman–Crippen MR) is 101 cm³/mol. The molecule has 0 radical (unpaired) electrons. The molecule has 174 valence electrons. The molecular formula is C16H13F8IN2O3S. The van der Waals surface area contributed by atoms with E-state index in [2.05, 4.69) is 9.73 Å². The number of ether oxygens (including phenoxy) is 1. The first kappa shape index (κ1) is 24.6. The maximum Gasteiger partial charge on any atom is 0.448 e. The van der Waals surface area contributed by atoms with Crippen molar-refractivity contribution in [3.63, 3.8) is 0 Å². The lowest BCUT2D eigenvalue weighted by Crippen LogP contribution is -2.62. The topological polar surface area (TPSA) is 67.8 Å². The van der Waals surface area contributed by atoms with Crippen molar-refractivity contribution in [2.24, 2.45) is 4.99 Å². The molecule has 0 aromatic heterocycles. The van der Waals surface area contributed by atoms with Gasteiger partial charge in [-0.25, -0.2) is 13.2 Å². The summed E-state index contributed by atoms with van der Waals surface area (Å²) in [6.07, 6.45) is -11.7. The molecule has 1 unspecified atom stereocenters. The highest BCUT2D eigenvalue weighted by molar-refractivity contribution is 14.1.